The molecule has 0 fully saturated rings. The van der Waals surface area contributed by atoms with Crippen LogP contribution in [0.5, 0.6) is 0 Å². The lowest BCUT2D eigenvalue weighted by atomic mass is 10.1. The molecule has 1 rings (SSSR count). The van der Waals surface area contributed by atoms with Gasteiger partial charge in [0, 0.05) is 20.2 Å². The van der Waals surface area contributed by atoms with Crippen LogP contribution in [0.4, 0.5) is 5.69 Å². The van der Waals surface area contributed by atoms with Crippen LogP contribution >= 0.6 is 0 Å². The van der Waals surface area contributed by atoms with Gasteiger partial charge in [0.1, 0.15) is 0 Å². The van der Waals surface area contributed by atoms with Crippen LogP contribution in [0.15, 0.2) is 18.2 Å². The van der Waals surface area contributed by atoms with Crippen LogP contribution in [0.25, 0.3) is 0 Å². The van der Waals surface area contributed by atoms with Crippen molar-refractivity contribution in [3.05, 3.63) is 29.3 Å². The van der Waals surface area contributed by atoms with E-state index in [0.717, 1.165) is 11.3 Å². The number of anilines is 1. The van der Waals surface area contributed by atoms with Crippen LogP contribution in [0.1, 0.15) is 22.8 Å². The van der Waals surface area contributed by atoms with Crippen molar-refractivity contribution in [2.75, 3.05) is 25.7 Å². The van der Waals surface area contributed by atoms with Crippen LogP contribution in [-0.4, -0.2) is 37.9 Å². The normalized spacial score (nSPS) is 12.2. The number of carboxylic acid groups (broad SMARTS) is 1. The fourth-order valence-corrected chi connectivity index (χ4v) is 1.87. The largest absolute Gasteiger partial charge is 0.478 e. The van der Waals surface area contributed by atoms with Crippen LogP contribution in [-0.2, 0) is 4.74 Å². The van der Waals surface area contributed by atoms with E-state index in [9.17, 15) is 9.90 Å². The summed E-state index contributed by atoms with van der Waals surface area (Å²) in [6.07, 6.45) is 0. The molecule has 1 atom stereocenters. The Morgan fingerprint density at radius 3 is 2.71 bits per heavy atom. The molecule has 0 aliphatic rings. The minimum Gasteiger partial charge on any atom is -0.478 e. The molecule has 0 aliphatic carbocycles. The van der Waals surface area contributed by atoms with Gasteiger partial charge >= 0.3 is 5.97 Å². The summed E-state index contributed by atoms with van der Waals surface area (Å²) >= 11 is 0. The molecule has 4 heteroatoms. The van der Waals surface area contributed by atoms with Crippen molar-refractivity contribution in [3.8, 4) is 0 Å². The topological polar surface area (TPSA) is 49.8 Å². The maximum Gasteiger partial charge on any atom is 0.337 e. The first-order chi connectivity index (χ1) is 7.99. The summed E-state index contributed by atoms with van der Waals surface area (Å²) in [7, 11) is 3.53. The van der Waals surface area contributed by atoms with Gasteiger partial charge in [-0.05, 0) is 25.5 Å². The second-order valence-corrected chi connectivity index (χ2v) is 4.19. The maximum absolute atomic E-state index is 11.2. The SMILES string of the molecule is COCC(C)N(C)c1c(C)cccc1C(=O)O. The van der Waals surface area contributed by atoms with Gasteiger partial charge in [-0.1, -0.05) is 12.1 Å². The molecular formula is C13H19NO3. The molecule has 0 saturated carbocycles. The predicted molar refractivity (Wildman–Crippen MR) is 67.9 cm³/mol. The molecule has 0 radical (unpaired) electrons. The second kappa shape index (κ2) is 5.68. The Balaban J connectivity index is 3.15. The molecule has 1 unspecified atom stereocenters. The number of likely N-dealkylation sites (N-methyl/N-ethyl adjacent to an activating group) is 1. The van der Waals surface area contributed by atoms with E-state index in [2.05, 4.69) is 0 Å². The third kappa shape index (κ3) is 2.97. The zero-order valence-corrected chi connectivity index (χ0v) is 10.7. The number of aromatic carboxylic acids is 1. The summed E-state index contributed by atoms with van der Waals surface area (Å²) in [6.45, 7) is 4.48. The Morgan fingerprint density at radius 2 is 2.18 bits per heavy atom. The zero-order valence-electron chi connectivity index (χ0n) is 10.7. The van der Waals surface area contributed by atoms with Crippen LogP contribution in [0.2, 0.25) is 0 Å². The zero-order chi connectivity index (χ0) is 13.0. The number of rotatable bonds is 5. The fourth-order valence-electron chi connectivity index (χ4n) is 1.87. The van der Waals surface area contributed by atoms with Crippen LogP contribution < -0.4 is 4.90 Å². The van der Waals surface area contributed by atoms with Gasteiger partial charge in [0.25, 0.3) is 0 Å². The van der Waals surface area contributed by atoms with Crippen LogP contribution in [0, 0.1) is 6.92 Å². The average Bonchev–Trinajstić information content (AvgIpc) is 2.28. The van der Waals surface area contributed by atoms with Gasteiger partial charge in [0.2, 0.25) is 0 Å². The smallest absolute Gasteiger partial charge is 0.337 e. The first kappa shape index (κ1) is 13.5. The molecule has 1 N–H and O–H groups in total. The number of hydrogen-bond donors (Lipinski definition) is 1. The van der Waals surface area contributed by atoms with E-state index in [1.54, 1.807) is 19.2 Å². The number of benzene rings is 1. The first-order valence-electron chi connectivity index (χ1n) is 5.53. The van der Waals surface area contributed by atoms with Gasteiger partial charge in [0.05, 0.1) is 17.9 Å². The summed E-state index contributed by atoms with van der Waals surface area (Å²) in [5.41, 5.74) is 2.04. The fraction of sp³-hybridized carbons (Fsp3) is 0.462. The van der Waals surface area contributed by atoms with E-state index in [1.165, 1.54) is 0 Å². The van der Waals surface area contributed by atoms with Gasteiger partial charge in [-0.2, -0.15) is 0 Å². The summed E-state index contributed by atoms with van der Waals surface area (Å²) in [4.78, 5) is 13.1. The monoisotopic (exact) mass is 237 g/mol. The standard InChI is InChI=1S/C13H19NO3/c1-9-6-5-7-11(13(15)16)12(9)14(3)10(2)8-17-4/h5-7,10H,8H2,1-4H3,(H,15,16). The third-order valence-corrected chi connectivity index (χ3v) is 2.89. The minimum absolute atomic E-state index is 0.124. The number of aryl methyl sites for hydroxylation is 1. The van der Waals surface area contributed by atoms with Crippen molar-refractivity contribution in [1.29, 1.82) is 0 Å². The molecule has 0 bridgehead atoms. The maximum atomic E-state index is 11.2. The van der Waals surface area contributed by atoms with Crippen LogP contribution in [0.3, 0.4) is 0 Å². The Morgan fingerprint density at radius 1 is 1.53 bits per heavy atom. The van der Waals surface area contributed by atoms with E-state index in [0.29, 0.717) is 12.2 Å². The van der Waals surface area contributed by atoms with Gasteiger partial charge in [-0.3, -0.25) is 0 Å². The molecule has 1 aromatic rings. The minimum atomic E-state index is -0.903. The molecule has 0 saturated heterocycles. The van der Waals surface area contributed by atoms with Gasteiger partial charge in [-0.25, -0.2) is 4.79 Å². The molecule has 0 aliphatic heterocycles. The van der Waals surface area contributed by atoms with Crippen molar-refractivity contribution < 1.29 is 14.6 Å². The Labute approximate surface area is 102 Å². The molecular weight excluding hydrogens is 218 g/mol. The highest BCUT2D eigenvalue weighted by Crippen LogP contribution is 2.25. The molecule has 4 nitrogen and oxygen atoms in total. The number of para-hydroxylation sites is 1. The number of methoxy groups -OCH3 is 1. The Kier molecular flexibility index (Phi) is 4.52. The van der Waals surface area contributed by atoms with E-state index < -0.39 is 5.97 Å². The predicted octanol–water partition coefficient (Wildman–Crippen LogP) is 2.16. The summed E-state index contributed by atoms with van der Waals surface area (Å²) in [5.74, 6) is -0.903. The Bertz CT molecular complexity index is 404. The van der Waals surface area contributed by atoms with Gasteiger partial charge in [-0.15, -0.1) is 0 Å². The summed E-state index contributed by atoms with van der Waals surface area (Å²) in [5, 5.41) is 9.19. The number of carbonyl (C=O) groups is 1. The summed E-state index contributed by atoms with van der Waals surface area (Å²) in [6, 6.07) is 5.43. The molecule has 17 heavy (non-hydrogen) atoms. The number of carboxylic acids is 1. The van der Waals surface area contributed by atoms with Crippen molar-refractivity contribution in [3.63, 3.8) is 0 Å². The lowest BCUT2D eigenvalue weighted by Crippen LogP contribution is -2.34. The second-order valence-electron chi connectivity index (χ2n) is 4.19. The summed E-state index contributed by atoms with van der Waals surface area (Å²) < 4.78 is 5.10. The highest BCUT2D eigenvalue weighted by molar-refractivity contribution is 5.95. The van der Waals surface area contributed by atoms with Crippen molar-refractivity contribution in [2.45, 2.75) is 19.9 Å². The average molecular weight is 237 g/mol. The lowest BCUT2D eigenvalue weighted by Gasteiger charge is -2.29. The van der Waals surface area contributed by atoms with Crippen molar-refractivity contribution in [2.24, 2.45) is 0 Å². The third-order valence-electron chi connectivity index (χ3n) is 2.89. The quantitative estimate of drug-likeness (QED) is 0.852. The number of ether oxygens (including phenoxy) is 1. The molecule has 0 aromatic heterocycles. The van der Waals surface area contributed by atoms with E-state index in [4.69, 9.17) is 4.74 Å². The van der Waals surface area contributed by atoms with E-state index >= 15 is 0 Å². The van der Waals surface area contributed by atoms with Gasteiger partial charge < -0.3 is 14.7 Å². The molecule has 0 heterocycles. The first-order valence-corrected chi connectivity index (χ1v) is 5.53. The van der Waals surface area contributed by atoms with Gasteiger partial charge in [0.15, 0.2) is 0 Å². The van der Waals surface area contributed by atoms with Crippen molar-refractivity contribution >= 4 is 11.7 Å². The van der Waals surface area contributed by atoms with E-state index in [1.807, 2.05) is 31.9 Å². The lowest BCUT2D eigenvalue weighted by molar-refractivity contribution is 0.0697. The molecule has 0 amide bonds. The van der Waals surface area contributed by atoms with Crippen molar-refractivity contribution in [1.82, 2.24) is 0 Å². The molecule has 94 valence electrons. The molecule has 0 spiro atoms. The van der Waals surface area contributed by atoms with E-state index in [-0.39, 0.29) is 6.04 Å². The number of hydrogen-bond acceptors (Lipinski definition) is 3. The Hall–Kier alpha value is -1.55. The highest BCUT2D eigenvalue weighted by atomic mass is 16.5. The number of nitrogens with zero attached hydrogens (tertiary/aromatic N) is 1. The highest BCUT2D eigenvalue weighted by Gasteiger charge is 2.19. The molecule has 1 aromatic carbocycles.